The SMILES string of the molecule is O=C1NC(NC2CCCCC2O)=N/C1=C\c1ccc2ncsc2c1. The second-order valence-electron chi connectivity index (χ2n) is 6.13. The maximum absolute atomic E-state index is 12.1. The number of hydrogen-bond acceptors (Lipinski definition) is 6. The van der Waals surface area contributed by atoms with Crippen LogP contribution in [0.2, 0.25) is 0 Å². The molecule has 2 unspecified atom stereocenters. The Balaban J connectivity index is 1.54. The number of carbonyl (C=O) groups excluding carboxylic acids is 1. The number of aliphatic hydroxyl groups is 1. The largest absolute Gasteiger partial charge is 0.391 e. The summed E-state index contributed by atoms with van der Waals surface area (Å²) in [5.74, 6) is 0.197. The van der Waals surface area contributed by atoms with E-state index in [9.17, 15) is 9.90 Å². The highest BCUT2D eigenvalue weighted by Crippen LogP contribution is 2.22. The van der Waals surface area contributed by atoms with Crippen molar-refractivity contribution in [2.75, 3.05) is 0 Å². The van der Waals surface area contributed by atoms with Crippen molar-refractivity contribution in [1.82, 2.24) is 15.6 Å². The first kappa shape index (κ1) is 15.3. The van der Waals surface area contributed by atoms with Crippen LogP contribution >= 0.6 is 11.3 Å². The molecule has 1 fully saturated rings. The van der Waals surface area contributed by atoms with Crippen molar-refractivity contribution >= 4 is 39.5 Å². The normalized spacial score (nSPS) is 25.8. The average Bonchev–Trinajstić information content (AvgIpc) is 3.16. The molecule has 2 heterocycles. The summed E-state index contributed by atoms with van der Waals surface area (Å²) in [5.41, 5.74) is 4.04. The van der Waals surface area contributed by atoms with Gasteiger partial charge in [-0.2, -0.15) is 0 Å². The summed E-state index contributed by atoms with van der Waals surface area (Å²) in [5, 5.41) is 15.9. The van der Waals surface area contributed by atoms with Crippen LogP contribution in [0.3, 0.4) is 0 Å². The summed E-state index contributed by atoms with van der Waals surface area (Å²) in [6, 6.07) is 5.81. The van der Waals surface area contributed by atoms with Crippen LogP contribution in [0.5, 0.6) is 0 Å². The summed E-state index contributed by atoms with van der Waals surface area (Å²) in [6.07, 6.45) is 5.17. The quantitative estimate of drug-likeness (QED) is 0.729. The Morgan fingerprint density at radius 1 is 1.33 bits per heavy atom. The van der Waals surface area contributed by atoms with Crippen LogP contribution in [0.4, 0.5) is 0 Å². The van der Waals surface area contributed by atoms with Crippen molar-refractivity contribution in [2.24, 2.45) is 4.99 Å². The van der Waals surface area contributed by atoms with E-state index in [-0.39, 0.29) is 18.1 Å². The number of carbonyl (C=O) groups is 1. The molecule has 24 heavy (non-hydrogen) atoms. The number of guanidine groups is 1. The lowest BCUT2D eigenvalue weighted by atomic mass is 9.93. The maximum atomic E-state index is 12.1. The lowest BCUT2D eigenvalue weighted by molar-refractivity contribution is -0.115. The van der Waals surface area contributed by atoms with Gasteiger partial charge in [0.25, 0.3) is 5.91 Å². The van der Waals surface area contributed by atoms with Crippen molar-refractivity contribution < 1.29 is 9.90 Å². The number of rotatable bonds is 2. The molecular weight excluding hydrogens is 324 g/mol. The lowest BCUT2D eigenvalue weighted by Crippen LogP contribution is -2.49. The number of benzene rings is 1. The highest BCUT2D eigenvalue weighted by molar-refractivity contribution is 7.16. The monoisotopic (exact) mass is 342 g/mol. The topological polar surface area (TPSA) is 86.6 Å². The molecule has 1 amide bonds. The summed E-state index contributed by atoms with van der Waals surface area (Å²) >= 11 is 1.57. The molecule has 1 aromatic heterocycles. The van der Waals surface area contributed by atoms with E-state index in [2.05, 4.69) is 20.6 Å². The predicted octanol–water partition coefficient (Wildman–Crippen LogP) is 2.02. The third-order valence-electron chi connectivity index (χ3n) is 4.41. The van der Waals surface area contributed by atoms with Crippen LogP contribution < -0.4 is 10.6 Å². The number of hydrogen-bond donors (Lipinski definition) is 3. The molecule has 7 heteroatoms. The fourth-order valence-electron chi connectivity index (χ4n) is 3.11. The van der Waals surface area contributed by atoms with Gasteiger partial charge in [0.05, 0.1) is 27.9 Å². The van der Waals surface area contributed by atoms with Gasteiger partial charge < -0.3 is 10.4 Å². The fraction of sp³-hybridized carbons (Fsp3) is 0.353. The van der Waals surface area contributed by atoms with Crippen LogP contribution in [-0.2, 0) is 4.79 Å². The van der Waals surface area contributed by atoms with Gasteiger partial charge in [0.2, 0.25) is 5.96 Å². The molecule has 0 spiro atoms. The number of nitrogens with zero attached hydrogens (tertiary/aromatic N) is 2. The van der Waals surface area contributed by atoms with Crippen LogP contribution in [0.25, 0.3) is 16.3 Å². The molecule has 0 bridgehead atoms. The van der Waals surface area contributed by atoms with Crippen molar-refractivity contribution in [3.63, 3.8) is 0 Å². The predicted molar refractivity (Wildman–Crippen MR) is 94.6 cm³/mol. The lowest BCUT2D eigenvalue weighted by Gasteiger charge is -2.28. The molecule has 2 aliphatic rings. The summed E-state index contributed by atoms with van der Waals surface area (Å²) in [6.45, 7) is 0. The second kappa shape index (κ2) is 6.33. The fourth-order valence-corrected chi connectivity index (χ4v) is 3.84. The molecular formula is C17H18N4O2S. The Labute approximate surface area is 143 Å². The highest BCUT2D eigenvalue weighted by Gasteiger charge is 2.27. The Kier molecular flexibility index (Phi) is 4.03. The van der Waals surface area contributed by atoms with E-state index in [0.29, 0.717) is 11.7 Å². The van der Waals surface area contributed by atoms with Gasteiger partial charge in [0.1, 0.15) is 5.70 Å². The second-order valence-corrected chi connectivity index (χ2v) is 7.01. The summed E-state index contributed by atoms with van der Waals surface area (Å²) < 4.78 is 1.08. The third-order valence-corrected chi connectivity index (χ3v) is 5.20. The van der Waals surface area contributed by atoms with E-state index in [4.69, 9.17) is 0 Å². The van der Waals surface area contributed by atoms with E-state index in [0.717, 1.165) is 41.5 Å². The van der Waals surface area contributed by atoms with Gasteiger partial charge in [-0.05, 0) is 36.6 Å². The molecule has 124 valence electrons. The highest BCUT2D eigenvalue weighted by atomic mass is 32.1. The first-order valence-electron chi connectivity index (χ1n) is 8.09. The van der Waals surface area contributed by atoms with E-state index in [1.807, 2.05) is 18.2 Å². The summed E-state index contributed by atoms with van der Waals surface area (Å²) in [4.78, 5) is 20.7. The van der Waals surface area contributed by atoms with Gasteiger partial charge >= 0.3 is 0 Å². The van der Waals surface area contributed by atoms with E-state index >= 15 is 0 Å². The zero-order valence-electron chi connectivity index (χ0n) is 13.0. The van der Waals surface area contributed by atoms with Gasteiger partial charge in [0, 0.05) is 0 Å². The number of aliphatic imine (C=N–C) groups is 1. The molecule has 2 aromatic rings. The zero-order valence-corrected chi connectivity index (χ0v) is 13.8. The number of aromatic nitrogens is 1. The first-order chi connectivity index (χ1) is 11.7. The number of nitrogens with one attached hydrogen (secondary N) is 2. The summed E-state index contributed by atoms with van der Waals surface area (Å²) in [7, 11) is 0. The molecule has 6 nitrogen and oxygen atoms in total. The zero-order chi connectivity index (χ0) is 16.5. The molecule has 1 aliphatic heterocycles. The van der Waals surface area contributed by atoms with Gasteiger partial charge in [-0.3, -0.25) is 10.1 Å². The Morgan fingerprint density at radius 3 is 3.08 bits per heavy atom. The minimum Gasteiger partial charge on any atom is -0.391 e. The Hall–Kier alpha value is -2.25. The Bertz CT molecular complexity index is 842. The maximum Gasteiger partial charge on any atom is 0.276 e. The molecule has 0 radical (unpaired) electrons. The van der Waals surface area contributed by atoms with Crippen LogP contribution in [0, 0.1) is 0 Å². The van der Waals surface area contributed by atoms with Crippen LogP contribution in [0.15, 0.2) is 34.4 Å². The molecule has 4 rings (SSSR count). The molecule has 1 saturated carbocycles. The van der Waals surface area contributed by atoms with Crippen molar-refractivity contribution in [3.8, 4) is 0 Å². The standard InChI is InChI=1S/C17H18N4O2S/c22-14-4-2-1-3-11(14)19-17-20-13(16(23)21-17)7-10-5-6-12-15(8-10)24-9-18-12/h5-9,11,14,22H,1-4H2,(H2,19,20,21,23)/b13-7-. The molecule has 2 atom stereocenters. The van der Waals surface area contributed by atoms with Crippen molar-refractivity contribution in [1.29, 1.82) is 0 Å². The molecule has 1 aliphatic carbocycles. The number of amides is 1. The minimum atomic E-state index is -0.389. The minimum absolute atomic E-state index is 0.0503. The van der Waals surface area contributed by atoms with E-state index in [1.54, 1.807) is 22.9 Å². The number of fused-ring (bicyclic) bond motifs is 1. The van der Waals surface area contributed by atoms with Crippen molar-refractivity contribution in [2.45, 2.75) is 37.8 Å². The van der Waals surface area contributed by atoms with E-state index < -0.39 is 0 Å². The van der Waals surface area contributed by atoms with E-state index in [1.165, 1.54) is 0 Å². The van der Waals surface area contributed by atoms with Gasteiger partial charge in [0.15, 0.2) is 0 Å². The van der Waals surface area contributed by atoms with Crippen LogP contribution in [-0.4, -0.2) is 34.1 Å². The van der Waals surface area contributed by atoms with Crippen LogP contribution in [0.1, 0.15) is 31.2 Å². The molecule has 1 aromatic carbocycles. The molecule has 3 N–H and O–H groups in total. The molecule has 0 saturated heterocycles. The van der Waals surface area contributed by atoms with Gasteiger partial charge in [-0.1, -0.05) is 18.9 Å². The smallest absolute Gasteiger partial charge is 0.276 e. The Morgan fingerprint density at radius 2 is 2.21 bits per heavy atom. The average molecular weight is 342 g/mol. The van der Waals surface area contributed by atoms with Crippen molar-refractivity contribution in [3.05, 3.63) is 35.0 Å². The third kappa shape index (κ3) is 3.05. The van der Waals surface area contributed by atoms with Gasteiger partial charge in [-0.15, -0.1) is 11.3 Å². The van der Waals surface area contributed by atoms with Gasteiger partial charge in [-0.25, -0.2) is 9.98 Å². The number of thiazole rings is 1. The number of aliphatic hydroxyl groups excluding tert-OH is 1. The first-order valence-corrected chi connectivity index (χ1v) is 8.96.